The van der Waals surface area contributed by atoms with Gasteiger partial charge in [0, 0.05) is 30.2 Å². The molecule has 0 spiro atoms. The molecule has 0 amide bonds. The fourth-order valence-electron chi connectivity index (χ4n) is 3.62. The minimum Gasteiger partial charge on any atom is -0.458 e. The zero-order chi connectivity index (χ0) is 26.6. The molecule has 0 bridgehead atoms. The molecule has 2 aromatic heterocycles. The van der Waals surface area contributed by atoms with Crippen molar-refractivity contribution in [2.45, 2.75) is 23.8 Å². The van der Waals surface area contributed by atoms with Crippen molar-refractivity contribution in [3.8, 4) is 5.88 Å². The number of esters is 1. The van der Waals surface area contributed by atoms with Gasteiger partial charge in [-0.05, 0) is 49.1 Å². The van der Waals surface area contributed by atoms with Crippen LogP contribution in [0.5, 0.6) is 5.88 Å². The van der Waals surface area contributed by atoms with Gasteiger partial charge in [-0.25, -0.2) is 18.0 Å². The summed E-state index contributed by atoms with van der Waals surface area (Å²) in [4.78, 5) is 26.5. The van der Waals surface area contributed by atoms with Crippen LogP contribution in [0.25, 0.3) is 11.0 Å². The van der Waals surface area contributed by atoms with Crippen LogP contribution in [0.15, 0.2) is 78.4 Å². The highest BCUT2D eigenvalue weighted by Gasteiger charge is 2.35. The standard InChI is InChI=1S/C24H23N3O9S/c1-3-26(4-2)17-11-10-16-14-19(24(29)35-20(16)15-17)23(28)34-13-12-33-21-22(27(30)36-25-21)37(31,32)18-8-6-5-7-9-18/h5-11,14-15H,3-4,12-13H2,1-2H3. The topological polar surface area (TPSA) is 156 Å². The average Bonchev–Trinajstić information content (AvgIpc) is 3.28. The van der Waals surface area contributed by atoms with Crippen molar-refractivity contribution < 1.29 is 36.6 Å². The van der Waals surface area contributed by atoms with Gasteiger partial charge in [-0.1, -0.05) is 18.2 Å². The van der Waals surface area contributed by atoms with Crippen molar-refractivity contribution >= 4 is 32.5 Å². The van der Waals surface area contributed by atoms with Crippen molar-refractivity contribution in [1.29, 1.82) is 0 Å². The lowest BCUT2D eigenvalue weighted by Gasteiger charge is -2.20. The van der Waals surface area contributed by atoms with Gasteiger partial charge in [0.05, 0.1) is 10.1 Å². The van der Waals surface area contributed by atoms with E-state index < -0.39 is 32.3 Å². The summed E-state index contributed by atoms with van der Waals surface area (Å²) in [6, 6.07) is 13.9. The van der Waals surface area contributed by atoms with Gasteiger partial charge in [0.25, 0.3) is 9.84 Å². The van der Waals surface area contributed by atoms with Crippen molar-refractivity contribution in [1.82, 2.24) is 5.16 Å². The molecule has 194 valence electrons. The second-order valence-corrected chi connectivity index (χ2v) is 9.55. The Hall–Kier alpha value is -4.39. The zero-order valence-corrected chi connectivity index (χ0v) is 20.8. The number of benzene rings is 2. The first-order valence-electron chi connectivity index (χ1n) is 11.3. The molecule has 12 nitrogen and oxygen atoms in total. The number of rotatable bonds is 10. The molecule has 0 saturated carbocycles. The molecule has 2 aromatic carbocycles. The smallest absolute Gasteiger partial charge is 0.415 e. The summed E-state index contributed by atoms with van der Waals surface area (Å²) in [7, 11) is -4.29. The number of carbonyl (C=O) groups excluding carboxylic acids is 1. The van der Waals surface area contributed by atoms with Gasteiger partial charge in [0.15, 0.2) is 0 Å². The van der Waals surface area contributed by atoms with Crippen LogP contribution >= 0.6 is 0 Å². The van der Waals surface area contributed by atoms with Crippen LogP contribution < -0.4 is 20.2 Å². The van der Waals surface area contributed by atoms with Gasteiger partial charge in [0.1, 0.15) is 24.4 Å². The quantitative estimate of drug-likeness (QED) is 0.129. The van der Waals surface area contributed by atoms with Crippen molar-refractivity contribution in [2.24, 2.45) is 0 Å². The molecule has 37 heavy (non-hydrogen) atoms. The third-order valence-electron chi connectivity index (χ3n) is 5.48. The van der Waals surface area contributed by atoms with E-state index in [1.807, 2.05) is 19.9 Å². The predicted molar refractivity (Wildman–Crippen MR) is 129 cm³/mol. The molecule has 0 aliphatic carbocycles. The summed E-state index contributed by atoms with van der Waals surface area (Å²) >= 11 is 0. The molecule has 0 aliphatic rings. The molecule has 0 N–H and O–H groups in total. The number of carbonyl (C=O) groups is 1. The van der Waals surface area contributed by atoms with Gasteiger partial charge in [0.2, 0.25) is 0 Å². The molecule has 0 radical (unpaired) electrons. The molecule has 0 fully saturated rings. The lowest BCUT2D eigenvalue weighted by Crippen LogP contribution is -2.31. The molecule has 0 aliphatic heterocycles. The van der Waals surface area contributed by atoms with Gasteiger partial charge < -0.3 is 24.0 Å². The first-order valence-corrected chi connectivity index (χ1v) is 12.8. The third kappa shape index (κ3) is 5.26. The summed E-state index contributed by atoms with van der Waals surface area (Å²) in [5, 5.41) is 14.9. The van der Waals surface area contributed by atoms with Gasteiger partial charge in [-0.15, -0.1) is 0 Å². The number of aromatic nitrogens is 2. The monoisotopic (exact) mass is 529 g/mol. The number of ether oxygens (including phenoxy) is 2. The molecule has 4 rings (SSSR count). The number of hydrogen-bond acceptors (Lipinski definition) is 11. The van der Waals surface area contributed by atoms with Gasteiger partial charge >= 0.3 is 22.5 Å². The fraction of sp³-hybridized carbons (Fsp3) is 0.250. The molecule has 13 heteroatoms. The Bertz CT molecular complexity index is 1580. The molecule has 0 saturated heterocycles. The molecule has 0 atom stereocenters. The van der Waals surface area contributed by atoms with Gasteiger partial charge in [-0.3, -0.25) is 4.63 Å². The lowest BCUT2D eigenvalue weighted by atomic mass is 10.1. The van der Waals surface area contributed by atoms with E-state index in [1.54, 1.807) is 18.2 Å². The normalized spacial score (nSPS) is 11.4. The molecular formula is C24H23N3O9S. The van der Waals surface area contributed by atoms with Crippen LogP contribution in [0, 0.1) is 5.21 Å². The maximum atomic E-state index is 12.8. The highest BCUT2D eigenvalue weighted by atomic mass is 32.2. The number of nitrogens with zero attached hydrogens (tertiary/aromatic N) is 3. The van der Waals surface area contributed by atoms with Crippen molar-refractivity contribution in [3.63, 3.8) is 0 Å². The number of fused-ring (bicyclic) bond motifs is 1. The largest absolute Gasteiger partial charge is 0.458 e. The number of sulfone groups is 1. The third-order valence-corrected chi connectivity index (χ3v) is 7.20. The Morgan fingerprint density at radius 2 is 1.81 bits per heavy atom. The maximum absolute atomic E-state index is 12.8. The minimum atomic E-state index is -4.29. The van der Waals surface area contributed by atoms with Crippen LogP contribution in [0.3, 0.4) is 0 Å². The number of hydrogen-bond donors (Lipinski definition) is 0. The predicted octanol–water partition coefficient (Wildman–Crippen LogP) is 2.33. The summed E-state index contributed by atoms with van der Waals surface area (Å²) < 4.78 is 45.5. The second kappa shape index (κ2) is 10.7. The van der Waals surface area contributed by atoms with Crippen molar-refractivity contribution in [3.05, 3.63) is 75.8 Å². The van der Waals surface area contributed by atoms with Crippen LogP contribution in [0.4, 0.5) is 5.69 Å². The van der Waals surface area contributed by atoms with Crippen LogP contribution in [-0.2, 0) is 14.6 Å². The molecule has 4 aromatic rings. The van der Waals surface area contributed by atoms with Crippen LogP contribution in [-0.4, -0.2) is 45.8 Å². The number of anilines is 1. The van der Waals surface area contributed by atoms with Crippen LogP contribution in [0.2, 0.25) is 0 Å². The van der Waals surface area contributed by atoms with E-state index in [4.69, 9.17) is 13.9 Å². The highest BCUT2D eigenvalue weighted by Crippen LogP contribution is 2.25. The summed E-state index contributed by atoms with van der Waals surface area (Å²) in [5.41, 5.74) is 0.0388. The zero-order valence-electron chi connectivity index (χ0n) is 19.9. The Balaban J connectivity index is 1.43. The summed E-state index contributed by atoms with van der Waals surface area (Å²) in [6.07, 6.45) is 0. The Morgan fingerprint density at radius 1 is 1.08 bits per heavy atom. The van der Waals surface area contributed by atoms with E-state index in [-0.39, 0.29) is 28.6 Å². The molecule has 2 heterocycles. The summed E-state index contributed by atoms with van der Waals surface area (Å²) in [5.74, 6) is -1.55. The Kier molecular flexibility index (Phi) is 7.43. The Labute approximate surface area is 211 Å². The SMILES string of the molecule is CCN(CC)c1ccc2cc(C(=O)OCCOc3no[n+]([O-])c3S(=O)(=O)c3ccccc3)c(=O)oc2c1. The van der Waals surface area contributed by atoms with E-state index in [1.165, 1.54) is 30.3 Å². The highest BCUT2D eigenvalue weighted by molar-refractivity contribution is 7.91. The van der Waals surface area contributed by atoms with Crippen LogP contribution in [0.1, 0.15) is 24.2 Å². The van der Waals surface area contributed by atoms with E-state index in [2.05, 4.69) is 14.7 Å². The van der Waals surface area contributed by atoms with E-state index in [0.717, 1.165) is 18.8 Å². The average molecular weight is 530 g/mol. The lowest BCUT2D eigenvalue weighted by molar-refractivity contribution is -0.832. The summed E-state index contributed by atoms with van der Waals surface area (Å²) in [6.45, 7) is 4.83. The molecular weight excluding hydrogens is 506 g/mol. The second-order valence-electron chi connectivity index (χ2n) is 7.68. The first kappa shape index (κ1) is 25.7. The van der Waals surface area contributed by atoms with Crippen molar-refractivity contribution in [2.75, 3.05) is 31.2 Å². The maximum Gasteiger partial charge on any atom is 0.415 e. The molecule has 0 unspecified atom stereocenters. The fourth-order valence-corrected chi connectivity index (χ4v) is 4.91. The van der Waals surface area contributed by atoms with Gasteiger partial charge in [-0.2, -0.15) is 0 Å². The Morgan fingerprint density at radius 3 is 2.51 bits per heavy atom. The van der Waals surface area contributed by atoms with E-state index in [9.17, 15) is 23.2 Å². The van der Waals surface area contributed by atoms with E-state index >= 15 is 0 Å². The first-order chi connectivity index (χ1) is 17.8. The van der Waals surface area contributed by atoms with E-state index in [0.29, 0.717) is 11.0 Å². The minimum absolute atomic E-state index is 0.161.